The number of carbonyl (C=O) groups is 2. The molecule has 2 N–H and O–H groups in total. The van der Waals surface area contributed by atoms with Gasteiger partial charge >= 0.3 is 5.97 Å². The second-order valence-corrected chi connectivity index (χ2v) is 6.42. The number of carbonyl (C=O) groups excluding carboxylic acids is 2. The lowest BCUT2D eigenvalue weighted by molar-refractivity contribution is -0.149. The molecule has 1 amide bonds. The van der Waals surface area contributed by atoms with Gasteiger partial charge in [0.2, 0.25) is 0 Å². The van der Waals surface area contributed by atoms with Crippen LogP contribution < -0.4 is 5.32 Å². The van der Waals surface area contributed by atoms with E-state index in [4.69, 9.17) is 16.3 Å². The molecule has 0 aliphatic carbocycles. The third-order valence-corrected chi connectivity index (χ3v) is 4.72. The molecule has 0 radical (unpaired) electrons. The summed E-state index contributed by atoms with van der Waals surface area (Å²) in [6.07, 6.45) is 0.349. The molecule has 2 aromatic carbocycles. The number of ether oxygens (including phenoxy) is 1. The maximum Gasteiger partial charge on any atom is 0.336 e. The second-order valence-electron chi connectivity index (χ2n) is 5.99. The SMILES string of the molecule is CC[C@](NC(=O)c1cc2cc(Cl)ccc2[nH]1)(C(=O)OC)c1ccccc1. The minimum absolute atomic E-state index is 0.347. The van der Waals surface area contributed by atoms with E-state index in [2.05, 4.69) is 10.3 Å². The van der Waals surface area contributed by atoms with Gasteiger partial charge in [0.15, 0.2) is 5.54 Å². The predicted molar refractivity (Wildman–Crippen MR) is 101 cm³/mol. The summed E-state index contributed by atoms with van der Waals surface area (Å²) >= 11 is 6.00. The monoisotopic (exact) mass is 370 g/mol. The molecule has 0 spiro atoms. The molecule has 1 atom stereocenters. The van der Waals surface area contributed by atoms with Gasteiger partial charge in [-0.25, -0.2) is 4.79 Å². The molecule has 0 saturated carbocycles. The number of H-pyrrole nitrogens is 1. The van der Waals surface area contributed by atoms with Crippen LogP contribution in [0.2, 0.25) is 5.02 Å². The number of nitrogens with one attached hydrogen (secondary N) is 2. The number of esters is 1. The fourth-order valence-corrected chi connectivity index (χ4v) is 3.24. The van der Waals surface area contributed by atoms with Crippen LogP contribution in [0.5, 0.6) is 0 Å². The third kappa shape index (κ3) is 3.18. The molecule has 26 heavy (non-hydrogen) atoms. The number of halogens is 1. The number of hydrogen-bond donors (Lipinski definition) is 2. The smallest absolute Gasteiger partial charge is 0.336 e. The Morgan fingerprint density at radius 3 is 2.54 bits per heavy atom. The molecule has 0 fully saturated rings. The molecule has 3 rings (SSSR count). The van der Waals surface area contributed by atoms with Crippen molar-refractivity contribution < 1.29 is 14.3 Å². The lowest BCUT2D eigenvalue weighted by Crippen LogP contribution is -2.52. The van der Waals surface area contributed by atoms with Crippen molar-refractivity contribution in [3.8, 4) is 0 Å². The van der Waals surface area contributed by atoms with Gasteiger partial charge < -0.3 is 15.0 Å². The van der Waals surface area contributed by atoms with Crippen LogP contribution in [0.1, 0.15) is 29.4 Å². The molecule has 0 unspecified atom stereocenters. The Kier molecular flexibility index (Phi) is 5.00. The zero-order valence-corrected chi connectivity index (χ0v) is 15.3. The van der Waals surface area contributed by atoms with Crippen molar-refractivity contribution in [2.24, 2.45) is 0 Å². The van der Waals surface area contributed by atoms with E-state index in [1.54, 1.807) is 36.4 Å². The Balaban J connectivity index is 2.00. The summed E-state index contributed by atoms with van der Waals surface area (Å²) in [7, 11) is 1.31. The van der Waals surface area contributed by atoms with Crippen LogP contribution in [0.25, 0.3) is 10.9 Å². The number of methoxy groups -OCH3 is 1. The van der Waals surface area contributed by atoms with Crippen LogP contribution in [0, 0.1) is 0 Å². The molecule has 1 heterocycles. The van der Waals surface area contributed by atoms with Crippen LogP contribution in [-0.2, 0) is 15.1 Å². The lowest BCUT2D eigenvalue weighted by Gasteiger charge is -2.31. The average Bonchev–Trinajstić information content (AvgIpc) is 3.09. The van der Waals surface area contributed by atoms with E-state index >= 15 is 0 Å². The quantitative estimate of drug-likeness (QED) is 0.666. The van der Waals surface area contributed by atoms with E-state index in [-0.39, 0.29) is 0 Å². The van der Waals surface area contributed by atoms with Crippen molar-refractivity contribution in [2.45, 2.75) is 18.9 Å². The van der Waals surface area contributed by atoms with Gasteiger partial charge in [0, 0.05) is 15.9 Å². The third-order valence-electron chi connectivity index (χ3n) is 4.49. The molecule has 3 aromatic rings. The minimum atomic E-state index is -1.26. The van der Waals surface area contributed by atoms with E-state index in [1.807, 2.05) is 25.1 Å². The number of benzene rings is 2. The van der Waals surface area contributed by atoms with Crippen LogP contribution in [0.4, 0.5) is 0 Å². The number of fused-ring (bicyclic) bond motifs is 1. The predicted octanol–water partition coefficient (Wildman–Crippen LogP) is 4.03. The van der Waals surface area contributed by atoms with Crippen molar-refractivity contribution in [3.63, 3.8) is 0 Å². The summed E-state index contributed by atoms with van der Waals surface area (Å²) in [5.74, 6) is -0.910. The zero-order chi connectivity index (χ0) is 18.7. The number of amides is 1. The van der Waals surface area contributed by atoms with Gasteiger partial charge in [-0.05, 0) is 36.2 Å². The van der Waals surface area contributed by atoms with Crippen LogP contribution >= 0.6 is 11.6 Å². The van der Waals surface area contributed by atoms with Crippen LogP contribution in [-0.4, -0.2) is 24.0 Å². The lowest BCUT2D eigenvalue weighted by atomic mass is 9.87. The molecular formula is C20H19ClN2O3. The molecular weight excluding hydrogens is 352 g/mol. The first-order valence-corrected chi connectivity index (χ1v) is 8.62. The Labute approximate surface area is 156 Å². The van der Waals surface area contributed by atoms with Gasteiger partial charge in [0.1, 0.15) is 5.69 Å². The molecule has 5 nitrogen and oxygen atoms in total. The molecule has 1 aromatic heterocycles. The first-order chi connectivity index (χ1) is 12.5. The number of rotatable bonds is 5. The molecule has 0 aliphatic rings. The second kappa shape index (κ2) is 7.22. The van der Waals surface area contributed by atoms with Crippen molar-refractivity contribution in [1.29, 1.82) is 0 Å². The molecule has 0 aliphatic heterocycles. The Morgan fingerprint density at radius 2 is 1.88 bits per heavy atom. The van der Waals surface area contributed by atoms with E-state index in [0.717, 1.165) is 10.9 Å². The van der Waals surface area contributed by atoms with E-state index < -0.39 is 17.4 Å². The Bertz CT molecular complexity index is 952. The number of aromatic nitrogens is 1. The summed E-state index contributed by atoms with van der Waals surface area (Å²) in [5.41, 5.74) is 0.545. The largest absolute Gasteiger partial charge is 0.467 e. The van der Waals surface area contributed by atoms with Gasteiger partial charge in [-0.15, -0.1) is 0 Å². The summed E-state index contributed by atoms with van der Waals surface area (Å²) in [6.45, 7) is 1.83. The van der Waals surface area contributed by atoms with Gasteiger partial charge in [0.05, 0.1) is 7.11 Å². The average molecular weight is 371 g/mol. The first kappa shape index (κ1) is 18.0. The summed E-state index contributed by atoms with van der Waals surface area (Å²) in [6, 6.07) is 16.1. The van der Waals surface area contributed by atoms with Crippen molar-refractivity contribution in [3.05, 3.63) is 70.9 Å². The van der Waals surface area contributed by atoms with E-state index in [0.29, 0.717) is 22.7 Å². The summed E-state index contributed by atoms with van der Waals surface area (Å²) in [5, 5.41) is 4.27. The standard InChI is InChI=1S/C20H19ClN2O3/c1-3-20(19(25)26-2,14-7-5-4-6-8-14)23-18(24)17-12-13-11-15(21)9-10-16(13)22-17/h4-12,22H,3H2,1-2H3,(H,23,24)/t20-/m1/s1. The maximum atomic E-state index is 12.9. The van der Waals surface area contributed by atoms with E-state index in [9.17, 15) is 9.59 Å². The Hall–Kier alpha value is -2.79. The van der Waals surface area contributed by atoms with Gasteiger partial charge in [-0.2, -0.15) is 0 Å². The highest BCUT2D eigenvalue weighted by Crippen LogP contribution is 2.28. The fraction of sp³-hybridized carbons (Fsp3) is 0.200. The minimum Gasteiger partial charge on any atom is -0.467 e. The molecule has 0 bridgehead atoms. The number of hydrogen-bond acceptors (Lipinski definition) is 3. The highest BCUT2D eigenvalue weighted by Gasteiger charge is 2.41. The summed E-state index contributed by atoms with van der Waals surface area (Å²) < 4.78 is 4.99. The van der Waals surface area contributed by atoms with Crippen LogP contribution in [0.15, 0.2) is 54.6 Å². The Morgan fingerprint density at radius 1 is 1.15 bits per heavy atom. The zero-order valence-electron chi connectivity index (χ0n) is 14.5. The van der Waals surface area contributed by atoms with Crippen LogP contribution in [0.3, 0.4) is 0 Å². The normalized spacial score (nSPS) is 13.2. The highest BCUT2D eigenvalue weighted by molar-refractivity contribution is 6.31. The van der Waals surface area contributed by atoms with Crippen molar-refractivity contribution in [1.82, 2.24) is 10.3 Å². The summed E-state index contributed by atoms with van der Waals surface area (Å²) in [4.78, 5) is 28.5. The highest BCUT2D eigenvalue weighted by atomic mass is 35.5. The fourth-order valence-electron chi connectivity index (χ4n) is 3.06. The first-order valence-electron chi connectivity index (χ1n) is 8.25. The molecule has 6 heteroatoms. The maximum absolute atomic E-state index is 12.9. The topological polar surface area (TPSA) is 71.2 Å². The van der Waals surface area contributed by atoms with Gasteiger partial charge in [0.25, 0.3) is 5.91 Å². The van der Waals surface area contributed by atoms with Gasteiger partial charge in [-0.3, -0.25) is 4.79 Å². The molecule has 134 valence electrons. The van der Waals surface area contributed by atoms with Gasteiger partial charge in [-0.1, -0.05) is 48.9 Å². The number of aromatic amines is 1. The molecule has 0 saturated heterocycles. The van der Waals surface area contributed by atoms with Crippen molar-refractivity contribution >= 4 is 34.4 Å². The van der Waals surface area contributed by atoms with E-state index in [1.165, 1.54) is 7.11 Å². The van der Waals surface area contributed by atoms with Crippen molar-refractivity contribution in [2.75, 3.05) is 7.11 Å².